The number of hydrogen-bond donors (Lipinski definition) is 0. The van der Waals surface area contributed by atoms with E-state index < -0.39 is 0 Å². The standard InChI is InChI=1S/C26H38N8O2/c1-6-10-34-25(35)13-23(15-28-34)31-11-8-22(9-12-31)26(36)32(16-21-14-27-33(7-2)17-21)18-24-19(3)29-30(5)20(24)4/h13-15,17,22H,6-12,16,18H2,1-5H3. The highest BCUT2D eigenvalue weighted by Crippen LogP contribution is 2.26. The molecule has 10 heteroatoms. The Kier molecular flexibility index (Phi) is 7.91. The Hall–Kier alpha value is -3.43. The topological polar surface area (TPSA) is 94.1 Å². The summed E-state index contributed by atoms with van der Waals surface area (Å²) in [6.07, 6.45) is 7.99. The Morgan fingerprint density at radius 2 is 1.86 bits per heavy atom. The summed E-state index contributed by atoms with van der Waals surface area (Å²) in [6.45, 7) is 12.0. The molecule has 10 nitrogen and oxygen atoms in total. The SMILES string of the molecule is CCCn1ncc(N2CCC(C(=O)N(Cc3cnn(CC)c3)Cc3c(C)nn(C)c3C)CC2)cc1=O. The summed E-state index contributed by atoms with van der Waals surface area (Å²) in [5, 5.41) is 13.3. The van der Waals surface area contributed by atoms with E-state index in [-0.39, 0.29) is 17.4 Å². The molecule has 36 heavy (non-hydrogen) atoms. The molecular formula is C26H38N8O2. The number of anilines is 1. The molecule has 3 aromatic rings. The minimum absolute atomic E-state index is 0.0619. The third-order valence-corrected chi connectivity index (χ3v) is 7.20. The first-order valence-electron chi connectivity index (χ1n) is 12.9. The van der Waals surface area contributed by atoms with E-state index in [4.69, 9.17) is 0 Å². The van der Waals surface area contributed by atoms with Crippen LogP contribution in [0.4, 0.5) is 5.69 Å². The number of carbonyl (C=O) groups excluding carboxylic acids is 1. The van der Waals surface area contributed by atoms with Crippen LogP contribution in [-0.2, 0) is 38.0 Å². The van der Waals surface area contributed by atoms with Gasteiger partial charge in [0.1, 0.15) is 0 Å². The fourth-order valence-corrected chi connectivity index (χ4v) is 4.95. The fourth-order valence-electron chi connectivity index (χ4n) is 4.95. The molecule has 0 bridgehead atoms. The van der Waals surface area contributed by atoms with Gasteiger partial charge in [-0.15, -0.1) is 0 Å². The molecule has 1 amide bonds. The molecule has 1 saturated heterocycles. The van der Waals surface area contributed by atoms with Gasteiger partial charge >= 0.3 is 0 Å². The molecule has 3 aromatic heterocycles. The smallest absolute Gasteiger partial charge is 0.268 e. The van der Waals surface area contributed by atoms with Crippen LogP contribution >= 0.6 is 0 Å². The molecule has 4 rings (SSSR count). The van der Waals surface area contributed by atoms with Crippen molar-refractivity contribution in [1.82, 2.24) is 34.2 Å². The van der Waals surface area contributed by atoms with Crippen molar-refractivity contribution in [3.8, 4) is 0 Å². The summed E-state index contributed by atoms with van der Waals surface area (Å²) < 4.78 is 5.27. The number of aryl methyl sites for hydroxylation is 4. The largest absolute Gasteiger partial charge is 0.370 e. The summed E-state index contributed by atoms with van der Waals surface area (Å²) >= 11 is 0. The zero-order valence-electron chi connectivity index (χ0n) is 22.1. The molecule has 4 heterocycles. The lowest BCUT2D eigenvalue weighted by atomic mass is 9.94. The summed E-state index contributed by atoms with van der Waals surface area (Å²) in [6, 6.07) is 1.66. The van der Waals surface area contributed by atoms with E-state index in [1.165, 1.54) is 4.68 Å². The molecule has 0 N–H and O–H groups in total. The maximum absolute atomic E-state index is 13.8. The average molecular weight is 495 g/mol. The van der Waals surface area contributed by atoms with E-state index in [9.17, 15) is 9.59 Å². The Bertz CT molecular complexity index is 1250. The molecule has 1 fully saturated rings. The second-order valence-corrected chi connectivity index (χ2v) is 9.71. The normalized spacial score (nSPS) is 14.4. The van der Waals surface area contributed by atoms with Gasteiger partial charge in [-0.1, -0.05) is 6.92 Å². The van der Waals surface area contributed by atoms with Gasteiger partial charge in [0.15, 0.2) is 0 Å². The number of carbonyl (C=O) groups is 1. The van der Waals surface area contributed by atoms with E-state index in [0.29, 0.717) is 19.6 Å². The molecule has 1 aliphatic rings. The molecule has 0 aromatic carbocycles. The Labute approximate surface area is 212 Å². The molecule has 0 unspecified atom stereocenters. The Morgan fingerprint density at radius 1 is 1.11 bits per heavy atom. The predicted octanol–water partition coefficient (Wildman–Crippen LogP) is 2.67. The number of piperidine rings is 1. The second-order valence-electron chi connectivity index (χ2n) is 9.71. The van der Waals surface area contributed by atoms with Crippen molar-refractivity contribution >= 4 is 11.6 Å². The molecule has 194 valence electrons. The third kappa shape index (κ3) is 5.52. The van der Waals surface area contributed by atoms with Crippen molar-refractivity contribution < 1.29 is 4.79 Å². The highest BCUT2D eigenvalue weighted by Gasteiger charge is 2.30. The minimum Gasteiger partial charge on any atom is -0.370 e. The van der Waals surface area contributed by atoms with Gasteiger partial charge in [-0.3, -0.25) is 19.0 Å². The lowest BCUT2D eigenvalue weighted by Gasteiger charge is -2.35. The average Bonchev–Trinajstić information content (AvgIpc) is 3.43. The lowest BCUT2D eigenvalue weighted by molar-refractivity contribution is -0.137. The van der Waals surface area contributed by atoms with Crippen molar-refractivity contribution in [2.24, 2.45) is 13.0 Å². The monoisotopic (exact) mass is 494 g/mol. The van der Waals surface area contributed by atoms with E-state index in [1.807, 2.05) is 54.5 Å². The number of nitrogens with zero attached hydrogens (tertiary/aromatic N) is 8. The molecule has 0 radical (unpaired) electrons. The number of hydrogen-bond acceptors (Lipinski definition) is 6. The number of rotatable bonds is 9. The van der Waals surface area contributed by atoms with E-state index in [1.54, 1.807) is 12.3 Å². The molecule has 0 saturated carbocycles. The van der Waals surface area contributed by atoms with Crippen molar-refractivity contribution in [2.75, 3.05) is 18.0 Å². The van der Waals surface area contributed by atoms with Gasteiger partial charge in [-0.05, 0) is 40.0 Å². The van der Waals surface area contributed by atoms with Gasteiger partial charge in [0, 0.05) is 81.3 Å². The van der Waals surface area contributed by atoms with E-state index >= 15 is 0 Å². The highest BCUT2D eigenvalue weighted by atomic mass is 16.2. The first kappa shape index (κ1) is 25.7. The molecule has 0 atom stereocenters. The van der Waals surface area contributed by atoms with Crippen LogP contribution in [0.1, 0.15) is 55.6 Å². The van der Waals surface area contributed by atoms with Gasteiger partial charge < -0.3 is 9.80 Å². The summed E-state index contributed by atoms with van der Waals surface area (Å²) in [7, 11) is 1.94. The van der Waals surface area contributed by atoms with Crippen LogP contribution in [0.25, 0.3) is 0 Å². The van der Waals surface area contributed by atoms with Crippen LogP contribution in [0.2, 0.25) is 0 Å². The van der Waals surface area contributed by atoms with Gasteiger partial charge in [0.25, 0.3) is 5.56 Å². The van der Waals surface area contributed by atoms with E-state index in [2.05, 4.69) is 27.1 Å². The molecule has 0 spiro atoms. The van der Waals surface area contributed by atoms with Crippen LogP contribution in [0, 0.1) is 19.8 Å². The Balaban J connectivity index is 1.48. The first-order valence-corrected chi connectivity index (χ1v) is 12.9. The summed E-state index contributed by atoms with van der Waals surface area (Å²) in [5.41, 5.74) is 4.93. The Morgan fingerprint density at radius 3 is 2.44 bits per heavy atom. The number of aromatic nitrogens is 6. The van der Waals surface area contributed by atoms with Crippen molar-refractivity contribution in [3.05, 3.63) is 57.5 Å². The van der Waals surface area contributed by atoms with Crippen LogP contribution in [0.3, 0.4) is 0 Å². The summed E-state index contributed by atoms with van der Waals surface area (Å²) in [4.78, 5) is 30.3. The van der Waals surface area contributed by atoms with Gasteiger partial charge in [0.05, 0.1) is 23.8 Å². The van der Waals surface area contributed by atoms with Crippen LogP contribution in [-0.4, -0.2) is 53.2 Å². The highest BCUT2D eigenvalue weighted by molar-refractivity contribution is 5.79. The van der Waals surface area contributed by atoms with E-state index in [0.717, 1.165) is 67.1 Å². The summed E-state index contributed by atoms with van der Waals surface area (Å²) in [5.74, 6) is 0.103. The maximum Gasteiger partial charge on any atom is 0.268 e. The molecule has 1 aliphatic heterocycles. The third-order valence-electron chi connectivity index (χ3n) is 7.20. The molecule has 0 aliphatic carbocycles. The van der Waals surface area contributed by atoms with Gasteiger partial charge in [0.2, 0.25) is 5.91 Å². The van der Waals surface area contributed by atoms with Crippen LogP contribution in [0.5, 0.6) is 0 Å². The first-order chi connectivity index (χ1) is 17.3. The lowest BCUT2D eigenvalue weighted by Crippen LogP contribution is -2.42. The zero-order chi connectivity index (χ0) is 25.8. The fraction of sp³-hybridized carbons (Fsp3) is 0.577. The van der Waals surface area contributed by atoms with Gasteiger partial charge in [-0.2, -0.15) is 15.3 Å². The van der Waals surface area contributed by atoms with Crippen molar-refractivity contribution in [3.63, 3.8) is 0 Å². The second kappa shape index (κ2) is 11.1. The predicted molar refractivity (Wildman–Crippen MR) is 139 cm³/mol. The zero-order valence-corrected chi connectivity index (χ0v) is 22.1. The van der Waals surface area contributed by atoms with Crippen molar-refractivity contribution in [1.29, 1.82) is 0 Å². The maximum atomic E-state index is 13.8. The van der Waals surface area contributed by atoms with Gasteiger partial charge in [-0.25, -0.2) is 4.68 Å². The minimum atomic E-state index is -0.0754. The quantitative estimate of drug-likeness (QED) is 0.454. The van der Waals surface area contributed by atoms with Crippen molar-refractivity contribution in [2.45, 2.75) is 73.1 Å². The molecular weight excluding hydrogens is 456 g/mol. The van der Waals surface area contributed by atoms with Crippen LogP contribution in [0.15, 0.2) is 29.5 Å². The van der Waals surface area contributed by atoms with Crippen LogP contribution < -0.4 is 10.5 Å². The number of amides is 1.